The van der Waals surface area contributed by atoms with Crippen LogP contribution < -0.4 is 4.74 Å². The summed E-state index contributed by atoms with van der Waals surface area (Å²) < 4.78 is 11.1. The molecule has 3 aromatic rings. The number of ketones is 1. The number of carbonyl (C=O) groups is 2. The molecule has 0 radical (unpaired) electrons. The van der Waals surface area contributed by atoms with E-state index in [4.69, 9.17) is 9.15 Å². The molecule has 1 N–H and O–H groups in total. The number of hydrogen-bond donors (Lipinski definition) is 1. The number of rotatable bonds is 7. The van der Waals surface area contributed by atoms with Crippen molar-refractivity contribution in [3.05, 3.63) is 95.0 Å². The summed E-state index contributed by atoms with van der Waals surface area (Å²) in [5.74, 6) is -0.522. The topological polar surface area (TPSA) is 80.0 Å². The number of benzene rings is 2. The van der Waals surface area contributed by atoms with Gasteiger partial charge in [-0.05, 0) is 48.7 Å². The number of amides is 1. The van der Waals surface area contributed by atoms with Crippen LogP contribution in [0.3, 0.4) is 0 Å². The first-order chi connectivity index (χ1) is 15.5. The molecular weight excluding hydrogens is 406 g/mol. The normalized spacial score (nSPS) is 17.7. The van der Waals surface area contributed by atoms with E-state index in [0.717, 1.165) is 17.5 Å². The number of furan rings is 1. The molecule has 164 valence electrons. The molecule has 32 heavy (non-hydrogen) atoms. The summed E-state index contributed by atoms with van der Waals surface area (Å²) in [4.78, 5) is 27.5. The van der Waals surface area contributed by atoms with Gasteiger partial charge in [0.15, 0.2) is 0 Å². The van der Waals surface area contributed by atoms with E-state index in [1.165, 1.54) is 11.2 Å². The minimum Gasteiger partial charge on any atom is -0.507 e. The number of aliphatic hydroxyl groups excluding tert-OH is 1. The lowest BCUT2D eigenvalue weighted by Crippen LogP contribution is -2.29. The lowest BCUT2D eigenvalue weighted by atomic mass is 9.98. The third-order valence-electron chi connectivity index (χ3n) is 5.55. The fourth-order valence-electron chi connectivity index (χ4n) is 3.94. The van der Waals surface area contributed by atoms with Gasteiger partial charge in [0.2, 0.25) is 0 Å². The standard InChI is InChI=1S/C26H25NO5/c1-3-17-10-12-19(13-11-17)24(28)22-23(21-9-6-14-32-21)27(26(30)25(22)29)16-18-7-5-8-20(15-18)31-4-2/h5-15,23,28H,3-4,16H2,1-2H3/b24-22-. The largest absolute Gasteiger partial charge is 0.507 e. The van der Waals surface area contributed by atoms with Crippen LogP contribution >= 0.6 is 0 Å². The number of likely N-dealkylation sites (tertiary alicyclic amines) is 1. The minimum absolute atomic E-state index is 0.0233. The third kappa shape index (κ3) is 4.04. The fraction of sp³-hybridized carbons (Fsp3) is 0.231. The molecule has 1 unspecified atom stereocenters. The summed E-state index contributed by atoms with van der Waals surface area (Å²) in [6.07, 6.45) is 2.35. The molecular formula is C26H25NO5. The Hall–Kier alpha value is -3.80. The van der Waals surface area contributed by atoms with Gasteiger partial charge in [-0.2, -0.15) is 0 Å². The van der Waals surface area contributed by atoms with E-state index in [2.05, 4.69) is 0 Å². The lowest BCUT2D eigenvalue weighted by Gasteiger charge is -2.23. The molecule has 0 aliphatic carbocycles. The van der Waals surface area contributed by atoms with E-state index < -0.39 is 17.7 Å². The van der Waals surface area contributed by atoms with Crippen molar-refractivity contribution in [2.24, 2.45) is 0 Å². The number of ether oxygens (including phenoxy) is 1. The second kappa shape index (κ2) is 9.14. The number of aryl methyl sites for hydroxylation is 1. The van der Waals surface area contributed by atoms with Crippen molar-refractivity contribution in [3.8, 4) is 5.75 Å². The number of hydrogen-bond acceptors (Lipinski definition) is 5. The molecule has 6 heteroatoms. The Bertz CT molecular complexity index is 1150. The zero-order chi connectivity index (χ0) is 22.7. The molecule has 1 aromatic heterocycles. The average Bonchev–Trinajstić information content (AvgIpc) is 3.42. The van der Waals surface area contributed by atoms with E-state index >= 15 is 0 Å². The molecule has 4 rings (SSSR count). The van der Waals surface area contributed by atoms with Crippen molar-refractivity contribution in [1.82, 2.24) is 4.90 Å². The van der Waals surface area contributed by atoms with E-state index in [9.17, 15) is 14.7 Å². The van der Waals surface area contributed by atoms with Gasteiger partial charge in [-0.25, -0.2) is 0 Å². The van der Waals surface area contributed by atoms with Crippen molar-refractivity contribution in [2.45, 2.75) is 32.9 Å². The van der Waals surface area contributed by atoms with Gasteiger partial charge in [-0.1, -0.05) is 43.3 Å². The molecule has 2 aromatic carbocycles. The molecule has 0 saturated carbocycles. The number of carbonyl (C=O) groups excluding carboxylic acids is 2. The summed E-state index contributed by atoms with van der Waals surface area (Å²) >= 11 is 0. The zero-order valence-electron chi connectivity index (χ0n) is 18.1. The Labute approximate surface area is 186 Å². The zero-order valence-corrected chi connectivity index (χ0v) is 18.1. The maximum atomic E-state index is 13.0. The van der Waals surface area contributed by atoms with E-state index in [1.54, 1.807) is 24.3 Å². The van der Waals surface area contributed by atoms with Gasteiger partial charge in [0.1, 0.15) is 23.3 Å². The first-order valence-electron chi connectivity index (χ1n) is 10.7. The van der Waals surface area contributed by atoms with Crippen LogP contribution in [0.1, 0.15) is 42.3 Å². The maximum Gasteiger partial charge on any atom is 0.296 e. The van der Waals surface area contributed by atoms with Crippen molar-refractivity contribution in [2.75, 3.05) is 6.61 Å². The van der Waals surface area contributed by atoms with Crippen LogP contribution in [0.5, 0.6) is 5.75 Å². The summed E-state index contributed by atoms with van der Waals surface area (Å²) in [6, 6.07) is 17.3. The molecule has 2 heterocycles. The van der Waals surface area contributed by atoms with Crippen molar-refractivity contribution in [3.63, 3.8) is 0 Å². The quantitative estimate of drug-likeness (QED) is 0.328. The predicted octanol–water partition coefficient (Wildman–Crippen LogP) is 4.86. The Kier molecular flexibility index (Phi) is 6.12. The number of nitrogens with zero attached hydrogens (tertiary/aromatic N) is 1. The van der Waals surface area contributed by atoms with Crippen LogP contribution in [-0.2, 0) is 22.6 Å². The first-order valence-corrected chi connectivity index (χ1v) is 10.7. The number of aliphatic hydroxyl groups is 1. The highest BCUT2D eigenvalue weighted by atomic mass is 16.5. The molecule has 1 fully saturated rings. The van der Waals surface area contributed by atoms with Crippen molar-refractivity contribution >= 4 is 17.4 Å². The van der Waals surface area contributed by atoms with Crippen LogP contribution in [-0.4, -0.2) is 28.3 Å². The third-order valence-corrected chi connectivity index (χ3v) is 5.55. The van der Waals surface area contributed by atoms with Gasteiger partial charge in [0.25, 0.3) is 11.7 Å². The van der Waals surface area contributed by atoms with Gasteiger partial charge < -0.3 is 19.2 Å². The molecule has 6 nitrogen and oxygen atoms in total. The second-order valence-corrected chi connectivity index (χ2v) is 7.57. The molecule has 0 spiro atoms. The van der Waals surface area contributed by atoms with Gasteiger partial charge in [-0.3, -0.25) is 9.59 Å². The van der Waals surface area contributed by atoms with Gasteiger partial charge in [-0.15, -0.1) is 0 Å². The van der Waals surface area contributed by atoms with Crippen LogP contribution in [0.4, 0.5) is 0 Å². The Morgan fingerprint density at radius 2 is 1.81 bits per heavy atom. The Morgan fingerprint density at radius 1 is 1.03 bits per heavy atom. The van der Waals surface area contributed by atoms with Crippen molar-refractivity contribution in [1.29, 1.82) is 0 Å². The van der Waals surface area contributed by atoms with E-state index in [1.807, 2.05) is 50.2 Å². The van der Waals surface area contributed by atoms with Crippen molar-refractivity contribution < 1.29 is 23.8 Å². The summed E-state index contributed by atoms with van der Waals surface area (Å²) in [5, 5.41) is 11.1. The summed E-state index contributed by atoms with van der Waals surface area (Å²) in [5.41, 5.74) is 2.42. The lowest BCUT2D eigenvalue weighted by molar-refractivity contribution is -0.140. The highest BCUT2D eigenvalue weighted by Gasteiger charge is 2.47. The smallest absolute Gasteiger partial charge is 0.296 e. The molecule has 1 saturated heterocycles. The first kappa shape index (κ1) is 21.4. The second-order valence-electron chi connectivity index (χ2n) is 7.57. The molecule has 0 bridgehead atoms. The fourth-order valence-corrected chi connectivity index (χ4v) is 3.94. The molecule has 1 aliphatic rings. The van der Waals surface area contributed by atoms with E-state index in [-0.39, 0.29) is 17.9 Å². The molecule has 1 amide bonds. The average molecular weight is 431 g/mol. The van der Waals surface area contributed by atoms with Crippen LogP contribution in [0.25, 0.3) is 5.76 Å². The van der Waals surface area contributed by atoms with E-state index in [0.29, 0.717) is 23.7 Å². The Morgan fingerprint density at radius 3 is 2.47 bits per heavy atom. The highest BCUT2D eigenvalue weighted by molar-refractivity contribution is 6.46. The Balaban J connectivity index is 1.76. The van der Waals surface area contributed by atoms with Crippen LogP contribution in [0.2, 0.25) is 0 Å². The molecule has 1 atom stereocenters. The minimum atomic E-state index is -0.827. The van der Waals surface area contributed by atoms with Gasteiger partial charge in [0, 0.05) is 12.1 Å². The van der Waals surface area contributed by atoms with Gasteiger partial charge >= 0.3 is 0 Å². The highest BCUT2D eigenvalue weighted by Crippen LogP contribution is 2.40. The summed E-state index contributed by atoms with van der Waals surface area (Å²) in [6.45, 7) is 4.63. The summed E-state index contributed by atoms with van der Waals surface area (Å²) in [7, 11) is 0. The molecule has 1 aliphatic heterocycles. The number of Topliss-reactive ketones (excluding diaryl/α,β-unsaturated/α-hetero) is 1. The monoisotopic (exact) mass is 431 g/mol. The predicted molar refractivity (Wildman–Crippen MR) is 120 cm³/mol. The maximum absolute atomic E-state index is 13.0. The SMILES string of the molecule is CCOc1cccc(CN2C(=O)C(=O)/C(=C(\O)c3ccc(CC)cc3)C2c2ccco2)c1. The van der Waals surface area contributed by atoms with Gasteiger partial charge in [0.05, 0.1) is 18.4 Å². The van der Waals surface area contributed by atoms with Crippen LogP contribution in [0, 0.1) is 0 Å². The van der Waals surface area contributed by atoms with Crippen LogP contribution in [0.15, 0.2) is 76.9 Å².